The van der Waals surface area contributed by atoms with E-state index in [1.165, 1.54) is 12.1 Å². The van der Waals surface area contributed by atoms with E-state index in [0.29, 0.717) is 12.1 Å². The van der Waals surface area contributed by atoms with Crippen molar-refractivity contribution in [2.45, 2.75) is 29.5 Å². The summed E-state index contributed by atoms with van der Waals surface area (Å²) in [7, 11) is -4.25. The molecule has 0 amide bonds. The molecule has 0 radical (unpaired) electrons. The van der Waals surface area contributed by atoms with Gasteiger partial charge in [0.05, 0.1) is 28.2 Å². The molecule has 2 aromatic rings. The molecule has 2 aromatic carbocycles. The smallest absolute Gasteiger partial charge is 0.508 e. The van der Waals surface area contributed by atoms with Crippen LogP contribution in [0.3, 0.4) is 0 Å². The van der Waals surface area contributed by atoms with Crippen LogP contribution in [0, 0.1) is 22.7 Å². The molecule has 1 saturated heterocycles. The Balaban J connectivity index is 0.000000294. The summed E-state index contributed by atoms with van der Waals surface area (Å²) in [6.07, 6.45) is -9.58. The number of sulfonamides is 1. The number of benzene rings is 2. The molecule has 37 heavy (non-hydrogen) atoms. The molecule has 1 unspecified atom stereocenters. The molecule has 3 rings (SSSR count). The number of β-amino-alcohol motifs (C(OH)–C–C–N with tert-alkyl or cyclic N) is 1. The monoisotopic (exact) mass is 553 g/mol. The Morgan fingerprint density at radius 1 is 1.03 bits per heavy atom. The number of nitrogens with zero attached hydrogens (tertiary/aromatic N) is 3. The second kappa shape index (κ2) is 10.8. The van der Waals surface area contributed by atoms with Gasteiger partial charge in [0.25, 0.3) is 0 Å². The first kappa shape index (κ1) is 29.7. The van der Waals surface area contributed by atoms with Gasteiger partial charge in [-0.3, -0.25) is 0 Å². The summed E-state index contributed by atoms with van der Waals surface area (Å²) in [5.74, 6) is -1.11. The van der Waals surface area contributed by atoms with Crippen molar-refractivity contribution in [3.63, 3.8) is 0 Å². The van der Waals surface area contributed by atoms with Crippen molar-refractivity contribution in [1.29, 1.82) is 10.5 Å². The molecule has 200 valence electrons. The van der Waals surface area contributed by atoms with Gasteiger partial charge in [0, 0.05) is 19.2 Å². The minimum atomic E-state index is -4.88. The van der Waals surface area contributed by atoms with E-state index in [4.69, 9.17) is 20.7 Å². The van der Waals surface area contributed by atoms with Gasteiger partial charge in [-0.1, -0.05) is 0 Å². The summed E-state index contributed by atoms with van der Waals surface area (Å²) in [4.78, 5) is -0.560. The third-order valence-corrected chi connectivity index (χ3v) is 6.85. The predicted octanol–water partition coefficient (Wildman–Crippen LogP) is 2.86. The van der Waals surface area contributed by atoms with E-state index in [0.717, 1.165) is 28.6 Å². The van der Waals surface area contributed by atoms with Gasteiger partial charge in [-0.2, -0.15) is 28.0 Å². The van der Waals surface area contributed by atoms with Gasteiger partial charge in [0.2, 0.25) is 10.0 Å². The highest BCUT2D eigenvalue weighted by atomic mass is 32.2. The number of aromatic hydroxyl groups is 1. The summed E-state index contributed by atoms with van der Waals surface area (Å²) in [6.45, 7) is -1.14. The maximum absolute atomic E-state index is 12.7. The lowest BCUT2D eigenvalue weighted by Gasteiger charge is -2.21. The van der Waals surface area contributed by atoms with E-state index < -0.39 is 68.8 Å². The second-order valence-electron chi connectivity index (χ2n) is 7.63. The Morgan fingerprint density at radius 2 is 1.65 bits per heavy atom. The van der Waals surface area contributed by atoms with Gasteiger partial charge < -0.3 is 20.1 Å². The van der Waals surface area contributed by atoms with Crippen LogP contribution in [-0.2, 0) is 16.2 Å². The number of hydrogen-bond donors (Lipinski definition) is 3. The lowest BCUT2D eigenvalue weighted by molar-refractivity contribution is -0.274. The molecule has 1 aliphatic heterocycles. The number of alkyl halides is 6. The van der Waals surface area contributed by atoms with E-state index in [9.17, 15) is 39.9 Å². The molecule has 9 nitrogen and oxygen atoms in total. The first-order valence-electron chi connectivity index (χ1n) is 9.89. The van der Waals surface area contributed by atoms with Gasteiger partial charge in [-0.15, -0.1) is 13.2 Å². The molecule has 16 heteroatoms. The second-order valence-corrected chi connectivity index (χ2v) is 9.54. The van der Waals surface area contributed by atoms with Crippen molar-refractivity contribution in [3.8, 4) is 23.6 Å². The number of rotatable bonds is 4. The molecule has 0 aromatic heterocycles. The molecular formula is C21H17F6N3O6S. The number of phenolic OH excluding ortho intramolecular Hbond substituents is 1. The van der Waals surface area contributed by atoms with E-state index in [1.54, 1.807) is 0 Å². The lowest BCUT2D eigenvalue weighted by atomic mass is 10.1. The Bertz CT molecular complexity index is 1330. The normalized spacial score (nSPS) is 18.3. The van der Waals surface area contributed by atoms with Crippen LogP contribution in [0.15, 0.2) is 41.3 Å². The average molecular weight is 553 g/mol. The Kier molecular flexibility index (Phi) is 8.67. The summed E-state index contributed by atoms with van der Waals surface area (Å²) in [5.41, 5.74) is -3.63. The van der Waals surface area contributed by atoms with Crippen LogP contribution in [0.5, 0.6) is 11.5 Å². The van der Waals surface area contributed by atoms with Crippen LogP contribution in [0.2, 0.25) is 0 Å². The zero-order valence-electron chi connectivity index (χ0n) is 18.4. The number of halogens is 6. The summed E-state index contributed by atoms with van der Waals surface area (Å²) >= 11 is 0. The van der Waals surface area contributed by atoms with E-state index in [-0.39, 0.29) is 18.5 Å². The number of ether oxygens (including phenoxy) is 1. The van der Waals surface area contributed by atoms with Crippen molar-refractivity contribution in [3.05, 3.63) is 53.1 Å². The van der Waals surface area contributed by atoms with E-state index >= 15 is 0 Å². The SMILES string of the molecule is N#Cc1cc(C(F)(F)F)ccc1S(=O)(=O)N1CCC(O)(CO)C1.N#Cc1ccc(O)cc1OC(F)(F)F. The quantitative estimate of drug-likeness (QED) is 0.489. The summed E-state index contributed by atoms with van der Waals surface area (Å²) in [5, 5.41) is 45.2. The standard InChI is InChI=1S/C13H13F3N2O4S.C8H4F3NO2/c14-13(15,16)10-1-2-11(9(5-10)6-17)23(21,22)18-4-3-12(20,7-18)8-19;9-8(10,11)14-7-3-6(13)2-1-5(7)4-12/h1-2,5,19-20H,3-4,7-8H2;1-3,13H. The average Bonchev–Trinajstić information content (AvgIpc) is 3.21. The van der Waals surface area contributed by atoms with Gasteiger partial charge in [-0.25, -0.2) is 8.42 Å². The van der Waals surface area contributed by atoms with Gasteiger partial charge in [0.1, 0.15) is 23.5 Å². The third-order valence-electron chi connectivity index (χ3n) is 4.95. The number of nitriles is 2. The Hall–Kier alpha value is -3.57. The molecule has 1 aliphatic rings. The first-order valence-corrected chi connectivity index (χ1v) is 11.3. The van der Waals surface area contributed by atoms with Gasteiger partial charge in [0.15, 0.2) is 5.75 Å². The third kappa shape index (κ3) is 7.46. The molecule has 3 N–H and O–H groups in total. The minimum Gasteiger partial charge on any atom is -0.508 e. The molecule has 1 fully saturated rings. The van der Waals surface area contributed by atoms with Crippen molar-refractivity contribution in [2.24, 2.45) is 0 Å². The summed E-state index contributed by atoms with van der Waals surface area (Å²) in [6, 6.07) is 7.62. The molecule has 1 atom stereocenters. The van der Waals surface area contributed by atoms with Gasteiger partial charge in [-0.05, 0) is 36.8 Å². The zero-order valence-corrected chi connectivity index (χ0v) is 19.2. The van der Waals surface area contributed by atoms with Crippen LogP contribution < -0.4 is 4.74 Å². The fraction of sp³-hybridized carbons (Fsp3) is 0.333. The van der Waals surface area contributed by atoms with Crippen LogP contribution >= 0.6 is 0 Å². The van der Waals surface area contributed by atoms with Crippen LogP contribution in [0.25, 0.3) is 0 Å². The van der Waals surface area contributed by atoms with Crippen LogP contribution in [-0.4, -0.2) is 59.7 Å². The molecular weight excluding hydrogens is 536 g/mol. The number of aliphatic hydroxyl groups is 2. The maximum Gasteiger partial charge on any atom is 0.573 e. The summed E-state index contributed by atoms with van der Waals surface area (Å²) < 4.78 is 103. The van der Waals surface area contributed by atoms with Crippen LogP contribution in [0.1, 0.15) is 23.1 Å². The van der Waals surface area contributed by atoms with Gasteiger partial charge >= 0.3 is 12.5 Å². The topological polar surface area (TPSA) is 155 Å². The Labute approximate surface area is 206 Å². The van der Waals surface area contributed by atoms with Crippen molar-refractivity contribution in [1.82, 2.24) is 4.31 Å². The molecule has 1 heterocycles. The molecule has 0 bridgehead atoms. The lowest BCUT2D eigenvalue weighted by Crippen LogP contribution is -2.39. The first-order chi connectivity index (χ1) is 17.0. The van der Waals surface area contributed by atoms with Crippen molar-refractivity contribution in [2.75, 3.05) is 19.7 Å². The highest BCUT2D eigenvalue weighted by Gasteiger charge is 2.42. The number of hydrogen-bond acceptors (Lipinski definition) is 8. The molecule has 0 saturated carbocycles. The molecule has 0 spiro atoms. The number of aliphatic hydroxyl groups excluding tert-OH is 1. The largest absolute Gasteiger partial charge is 0.573 e. The molecule has 0 aliphatic carbocycles. The van der Waals surface area contributed by atoms with Crippen LogP contribution in [0.4, 0.5) is 26.3 Å². The zero-order chi connectivity index (χ0) is 28.2. The van der Waals surface area contributed by atoms with Crippen molar-refractivity contribution >= 4 is 10.0 Å². The van der Waals surface area contributed by atoms with E-state index in [2.05, 4.69) is 4.74 Å². The number of phenols is 1. The maximum atomic E-state index is 12.7. The van der Waals surface area contributed by atoms with Crippen molar-refractivity contribution < 1.29 is 54.8 Å². The fourth-order valence-corrected chi connectivity index (χ4v) is 4.77. The predicted molar refractivity (Wildman–Crippen MR) is 111 cm³/mol. The van der Waals surface area contributed by atoms with E-state index in [1.807, 2.05) is 0 Å². The Morgan fingerprint density at radius 3 is 2.14 bits per heavy atom. The fourth-order valence-electron chi connectivity index (χ4n) is 3.12. The highest BCUT2D eigenvalue weighted by Crippen LogP contribution is 2.34. The minimum absolute atomic E-state index is 0.00868. The highest BCUT2D eigenvalue weighted by molar-refractivity contribution is 7.89.